The minimum absolute atomic E-state index is 0.0929. The standard InChI is InChI=1S/C16H27N3O/c1-4-5-13-8-10-19(11-9-13)15-7-6-14(17)16(18-15)20-12(2)3/h6-7,12-13H,4-5,8-11,17H2,1-3H3. The van der Waals surface area contributed by atoms with Crippen molar-refractivity contribution in [1.82, 2.24) is 4.98 Å². The van der Waals surface area contributed by atoms with Gasteiger partial charge >= 0.3 is 0 Å². The molecule has 0 saturated carbocycles. The molecular formula is C16H27N3O. The second-order valence-electron chi connectivity index (χ2n) is 5.95. The summed E-state index contributed by atoms with van der Waals surface area (Å²) in [5.41, 5.74) is 6.54. The Kier molecular flexibility index (Phi) is 5.10. The lowest BCUT2D eigenvalue weighted by Crippen LogP contribution is -2.34. The average molecular weight is 277 g/mol. The Morgan fingerprint density at radius 2 is 2.05 bits per heavy atom. The van der Waals surface area contributed by atoms with Gasteiger partial charge in [0, 0.05) is 13.1 Å². The largest absolute Gasteiger partial charge is 0.473 e. The number of hydrogen-bond donors (Lipinski definition) is 1. The number of nitrogens with zero attached hydrogens (tertiary/aromatic N) is 2. The first kappa shape index (κ1) is 14.9. The molecule has 0 unspecified atom stereocenters. The molecule has 0 radical (unpaired) electrons. The molecule has 20 heavy (non-hydrogen) atoms. The van der Waals surface area contributed by atoms with Crippen molar-refractivity contribution in [2.75, 3.05) is 23.7 Å². The van der Waals surface area contributed by atoms with E-state index in [1.807, 2.05) is 26.0 Å². The van der Waals surface area contributed by atoms with Gasteiger partial charge in [-0.25, -0.2) is 0 Å². The Balaban J connectivity index is 2.02. The lowest BCUT2D eigenvalue weighted by Gasteiger charge is -2.33. The van der Waals surface area contributed by atoms with Crippen LogP contribution in [-0.2, 0) is 0 Å². The van der Waals surface area contributed by atoms with Crippen LogP contribution in [0.4, 0.5) is 11.5 Å². The van der Waals surface area contributed by atoms with Gasteiger partial charge in [0.1, 0.15) is 5.82 Å². The third-order valence-electron chi connectivity index (χ3n) is 3.86. The van der Waals surface area contributed by atoms with Crippen LogP contribution in [-0.4, -0.2) is 24.2 Å². The molecule has 4 heteroatoms. The van der Waals surface area contributed by atoms with Gasteiger partial charge in [-0.15, -0.1) is 0 Å². The predicted octanol–water partition coefficient (Wildman–Crippen LogP) is 3.47. The summed E-state index contributed by atoms with van der Waals surface area (Å²) in [7, 11) is 0. The monoisotopic (exact) mass is 277 g/mol. The maximum absolute atomic E-state index is 5.92. The van der Waals surface area contributed by atoms with Crippen molar-refractivity contribution in [2.45, 2.75) is 52.6 Å². The molecule has 0 atom stereocenters. The van der Waals surface area contributed by atoms with Crippen molar-refractivity contribution in [3.05, 3.63) is 12.1 Å². The van der Waals surface area contributed by atoms with Crippen LogP contribution in [0, 0.1) is 5.92 Å². The highest BCUT2D eigenvalue weighted by Gasteiger charge is 2.20. The smallest absolute Gasteiger partial charge is 0.239 e. The van der Waals surface area contributed by atoms with E-state index in [4.69, 9.17) is 10.5 Å². The third kappa shape index (κ3) is 3.78. The van der Waals surface area contributed by atoms with Gasteiger partial charge in [0.15, 0.2) is 0 Å². The number of piperidine rings is 1. The average Bonchev–Trinajstić information content (AvgIpc) is 2.42. The molecule has 0 aromatic carbocycles. The van der Waals surface area contributed by atoms with Crippen LogP contribution in [0.1, 0.15) is 46.5 Å². The van der Waals surface area contributed by atoms with E-state index in [0.29, 0.717) is 11.6 Å². The van der Waals surface area contributed by atoms with Crippen LogP contribution < -0.4 is 15.4 Å². The highest BCUT2D eigenvalue weighted by atomic mass is 16.5. The molecule has 0 spiro atoms. The molecule has 0 amide bonds. The van der Waals surface area contributed by atoms with Crippen LogP contribution >= 0.6 is 0 Å². The van der Waals surface area contributed by atoms with Crippen molar-refractivity contribution in [2.24, 2.45) is 5.92 Å². The zero-order chi connectivity index (χ0) is 14.5. The van der Waals surface area contributed by atoms with E-state index in [1.165, 1.54) is 25.7 Å². The number of pyridine rings is 1. The summed E-state index contributed by atoms with van der Waals surface area (Å²) in [4.78, 5) is 6.93. The molecule has 1 fully saturated rings. The molecule has 1 aromatic heterocycles. The van der Waals surface area contributed by atoms with Crippen molar-refractivity contribution >= 4 is 11.5 Å². The minimum Gasteiger partial charge on any atom is -0.473 e. The van der Waals surface area contributed by atoms with Crippen LogP contribution in [0.5, 0.6) is 5.88 Å². The van der Waals surface area contributed by atoms with Crippen molar-refractivity contribution in [3.8, 4) is 5.88 Å². The molecule has 2 heterocycles. The Labute approximate surface area is 122 Å². The topological polar surface area (TPSA) is 51.4 Å². The highest BCUT2D eigenvalue weighted by molar-refractivity contribution is 5.54. The van der Waals surface area contributed by atoms with E-state index < -0.39 is 0 Å². The first-order chi connectivity index (χ1) is 9.60. The van der Waals surface area contributed by atoms with E-state index in [1.54, 1.807) is 0 Å². The van der Waals surface area contributed by atoms with Crippen molar-refractivity contribution in [3.63, 3.8) is 0 Å². The summed E-state index contributed by atoms with van der Waals surface area (Å²) in [5, 5.41) is 0. The second kappa shape index (κ2) is 6.82. The third-order valence-corrected chi connectivity index (χ3v) is 3.86. The van der Waals surface area contributed by atoms with E-state index in [9.17, 15) is 0 Å². The molecule has 0 aliphatic carbocycles. The molecule has 1 aliphatic heterocycles. The summed E-state index contributed by atoms with van der Waals surface area (Å²) in [6.45, 7) is 8.42. The molecule has 4 nitrogen and oxygen atoms in total. The summed E-state index contributed by atoms with van der Waals surface area (Å²) in [5.74, 6) is 2.44. The van der Waals surface area contributed by atoms with Crippen molar-refractivity contribution < 1.29 is 4.74 Å². The Morgan fingerprint density at radius 1 is 1.35 bits per heavy atom. The minimum atomic E-state index is 0.0929. The SMILES string of the molecule is CCCC1CCN(c2ccc(N)c(OC(C)C)n2)CC1. The van der Waals surface area contributed by atoms with Gasteiger partial charge in [-0.2, -0.15) is 4.98 Å². The molecule has 112 valence electrons. The molecule has 0 bridgehead atoms. The van der Waals surface area contributed by atoms with Crippen LogP contribution in [0.2, 0.25) is 0 Å². The zero-order valence-electron chi connectivity index (χ0n) is 12.9. The van der Waals surface area contributed by atoms with Gasteiger partial charge in [-0.1, -0.05) is 19.8 Å². The second-order valence-corrected chi connectivity index (χ2v) is 5.95. The molecule has 2 N–H and O–H groups in total. The van der Waals surface area contributed by atoms with Gasteiger partial charge in [-0.05, 0) is 44.7 Å². The van der Waals surface area contributed by atoms with Gasteiger partial charge < -0.3 is 15.4 Å². The quantitative estimate of drug-likeness (QED) is 0.895. The lowest BCUT2D eigenvalue weighted by molar-refractivity contribution is 0.234. The number of ether oxygens (including phenoxy) is 1. The van der Waals surface area contributed by atoms with Crippen LogP contribution in [0.15, 0.2) is 12.1 Å². The molecular weight excluding hydrogens is 250 g/mol. The molecule has 1 aliphatic rings. The number of rotatable bonds is 5. The molecule has 1 aromatic rings. The summed E-state index contributed by atoms with van der Waals surface area (Å²) >= 11 is 0. The van der Waals surface area contributed by atoms with Gasteiger partial charge in [-0.3, -0.25) is 0 Å². The van der Waals surface area contributed by atoms with E-state index in [2.05, 4.69) is 16.8 Å². The Bertz CT molecular complexity index is 426. The van der Waals surface area contributed by atoms with Crippen molar-refractivity contribution in [1.29, 1.82) is 0 Å². The lowest BCUT2D eigenvalue weighted by atomic mass is 9.92. The Hall–Kier alpha value is -1.45. The summed E-state index contributed by atoms with van der Waals surface area (Å²) in [6, 6.07) is 3.90. The number of aromatic nitrogens is 1. The van der Waals surface area contributed by atoms with Gasteiger partial charge in [0.25, 0.3) is 0 Å². The fraction of sp³-hybridized carbons (Fsp3) is 0.688. The van der Waals surface area contributed by atoms with E-state index in [-0.39, 0.29) is 6.10 Å². The normalized spacial score (nSPS) is 16.7. The van der Waals surface area contributed by atoms with E-state index >= 15 is 0 Å². The molecule has 1 saturated heterocycles. The van der Waals surface area contributed by atoms with Gasteiger partial charge in [0.2, 0.25) is 5.88 Å². The summed E-state index contributed by atoms with van der Waals surface area (Å²) in [6.07, 6.45) is 5.26. The molecule has 2 rings (SSSR count). The maximum atomic E-state index is 5.92. The first-order valence-corrected chi connectivity index (χ1v) is 7.78. The number of nitrogens with two attached hydrogens (primary N) is 1. The number of anilines is 2. The highest BCUT2D eigenvalue weighted by Crippen LogP contribution is 2.28. The first-order valence-electron chi connectivity index (χ1n) is 7.78. The fourth-order valence-electron chi connectivity index (χ4n) is 2.79. The van der Waals surface area contributed by atoms with E-state index in [0.717, 1.165) is 24.8 Å². The van der Waals surface area contributed by atoms with Crippen LogP contribution in [0.25, 0.3) is 0 Å². The maximum Gasteiger partial charge on any atom is 0.239 e. The Morgan fingerprint density at radius 3 is 2.65 bits per heavy atom. The predicted molar refractivity (Wildman–Crippen MR) is 84.3 cm³/mol. The fourth-order valence-corrected chi connectivity index (χ4v) is 2.79. The van der Waals surface area contributed by atoms with Crippen LogP contribution in [0.3, 0.4) is 0 Å². The van der Waals surface area contributed by atoms with Gasteiger partial charge in [0.05, 0.1) is 11.8 Å². The number of nitrogen functional groups attached to an aromatic ring is 1. The number of hydrogen-bond acceptors (Lipinski definition) is 4. The summed E-state index contributed by atoms with van der Waals surface area (Å²) < 4.78 is 5.67. The zero-order valence-corrected chi connectivity index (χ0v) is 12.9.